The third-order valence-corrected chi connectivity index (χ3v) is 4.45. The number of unbranched alkanes of at least 4 members (excludes halogenated alkanes) is 1. The minimum atomic E-state index is -0.131. The van der Waals surface area contributed by atoms with Crippen LogP contribution in [0.3, 0.4) is 0 Å². The number of amides is 2. The Labute approximate surface area is 135 Å². The lowest BCUT2D eigenvalue weighted by molar-refractivity contribution is 0.239. The molecule has 2 heterocycles. The summed E-state index contributed by atoms with van der Waals surface area (Å²) in [6.45, 7) is 6.59. The topological polar surface area (TPSA) is 61.7 Å². The second kappa shape index (κ2) is 8.14. The average molecular weight is 323 g/mol. The van der Waals surface area contributed by atoms with Crippen molar-refractivity contribution in [2.75, 3.05) is 20.1 Å². The third kappa shape index (κ3) is 4.99. The summed E-state index contributed by atoms with van der Waals surface area (Å²) in [6, 6.07) is 0.439. The molecule has 0 saturated carbocycles. The Hall–Kier alpha value is -1.60. The van der Waals surface area contributed by atoms with E-state index in [0.717, 1.165) is 30.0 Å². The molecule has 122 valence electrons. The van der Waals surface area contributed by atoms with Gasteiger partial charge in [-0.1, -0.05) is 0 Å². The standard InChI is InChI=1S/C15H25N5OS/c1-12(2)19(3)7-5-4-6-16-14(21)17-10-13-11-20-8-9-22-15(20)18-13/h8-9,11-12H,4-7,10H2,1-3H3,(H2,16,17,21). The van der Waals surface area contributed by atoms with Gasteiger partial charge in [0.2, 0.25) is 0 Å². The van der Waals surface area contributed by atoms with E-state index in [-0.39, 0.29) is 6.03 Å². The summed E-state index contributed by atoms with van der Waals surface area (Å²) in [4.78, 5) is 19.4. The highest BCUT2D eigenvalue weighted by molar-refractivity contribution is 7.15. The number of urea groups is 1. The first-order valence-electron chi connectivity index (χ1n) is 7.69. The summed E-state index contributed by atoms with van der Waals surface area (Å²) >= 11 is 1.59. The minimum absolute atomic E-state index is 0.131. The van der Waals surface area contributed by atoms with E-state index in [0.29, 0.717) is 19.1 Å². The number of nitrogens with zero attached hydrogens (tertiary/aromatic N) is 3. The Morgan fingerprint density at radius 2 is 2.23 bits per heavy atom. The van der Waals surface area contributed by atoms with Gasteiger partial charge in [0.25, 0.3) is 0 Å². The van der Waals surface area contributed by atoms with Crippen molar-refractivity contribution in [2.45, 2.75) is 39.3 Å². The number of aromatic nitrogens is 2. The molecule has 22 heavy (non-hydrogen) atoms. The van der Waals surface area contributed by atoms with Gasteiger partial charge in [0.1, 0.15) is 0 Å². The van der Waals surface area contributed by atoms with Gasteiger partial charge in [-0.05, 0) is 40.3 Å². The fourth-order valence-electron chi connectivity index (χ4n) is 2.04. The molecule has 0 atom stereocenters. The van der Waals surface area contributed by atoms with E-state index in [2.05, 4.69) is 41.4 Å². The Bertz CT molecular complexity index is 563. The molecule has 0 aliphatic carbocycles. The molecular weight excluding hydrogens is 298 g/mol. The number of carbonyl (C=O) groups is 1. The number of carbonyl (C=O) groups excluding carboxylic acids is 1. The molecule has 0 aliphatic heterocycles. The highest BCUT2D eigenvalue weighted by Crippen LogP contribution is 2.10. The van der Waals surface area contributed by atoms with Crippen LogP contribution in [0.2, 0.25) is 0 Å². The molecule has 0 fully saturated rings. The van der Waals surface area contributed by atoms with Gasteiger partial charge in [0, 0.05) is 30.4 Å². The molecule has 2 amide bonds. The fraction of sp³-hybridized carbons (Fsp3) is 0.600. The van der Waals surface area contributed by atoms with Gasteiger partial charge in [0.15, 0.2) is 4.96 Å². The number of imidazole rings is 1. The Morgan fingerprint density at radius 3 is 2.95 bits per heavy atom. The van der Waals surface area contributed by atoms with E-state index in [4.69, 9.17) is 0 Å². The first kappa shape index (κ1) is 16.8. The van der Waals surface area contributed by atoms with Crippen LogP contribution in [0.1, 0.15) is 32.4 Å². The van der Waals surface area contributed by atoms with Gasteiger partial charge in [-0.25, -0.2) is 9.78 Å². The van der Waals surface area contributed by atoms with Crippen LogP contribution in [0.15, 0.2) is 17.8 Å². The van der Waals surface area contributed by atoms with Gasteiger partial charge in [-0.15, -0.1) is 11.3 Å². The lowest BCUT2D eigenvalue weighted by Crippen LogP contribution is -2.36. The lowest BCUT2D eigenvalue weighted by atomic mass is 10.2. The predicted molar refractivity (Wildman–Crippen MR) is 90.3 cm³/mol. The summed E-state index contributed by atoms with van der Waals surface area (Å²) < 4.78 is 1.96. The van der Waals surface area contributed by atoms with E-state index in [1.54, 1.807) is 11.3 Å². The van der Waals surface area contributed by atoms with Gasteiger partial charge >= 0.3 is 6.03 Å². The zero-order valence-corrected chi connectivity index (χ0v) is 14.3. The molecule has 2 N–H and O–H groups in total. The lowest BCUT2D eigenvalue weighted by Gasteiger charge is -2.20. The van der Waals surface area contributed by atoms with Crippen LogP contribution >= 0.6 is 11.3 Å². The molecule has 0 aliphatic rings. The second-order valence-corrected chi connectivity index (χ2v) is 6.59. The summed E-state index contributed by atoms with van der Waals surface area (Å²) in [6.07, 6.45) is 5.98. The maximum absolute atomic E-state index is 11.7. The van der Waals surface area contributed by atoms with Crippen LogP contribution in [0.25, 0.3) is 4.96 Å². The van der Waals surface area contributed by atoms with E-state index >= 15 is 0 Å². The molecule has 2 rings (SSSR count). The number of hydrogen-bond donors (Lipinski definition) is 2. The summed E-state index contributed by atoms with van der Waals surface area (Å²) in [5, 5.41) is 7.71. The van der Waals surface area contributed by atoms with Gasteiger partial charge in [-0.2, -0.15) is 0 Å². The van der Waals surface area contributed by atoms with Crippen molar-refractivity contribution in [1.82, 2.24) is 24.9 Å². The molecular formula is C15H25N5OS. The van der Waals surface area contributed by atoms with Crippen molar-refractivity contribution >= 4 is 22.3 Å². The zero-order valence-electron chi connectivity index (χ0n) is 13.5. The quantitative estimate of drug-likeness (QED) is 0.733. The molecule has 0 aromatic carbocycles. The molecule has 0 bridgehead atoms. The molecule has 6 nitrogen and oxygen atoms in total. The summed E-state index contributed by atoms with van der Waals surface area (Å²) in [5.74, 6) is 0. The second-order valence-electron chi connectivity index (χ2n) is 5.72. The predicted octanol–water partition coefficient (Wildman–Crippen LogP) is 2.32. The highest BCUT2D eigenvalue weighted by atomic mass is 32.1. The van der Waals surface area contributed by atoms with Crippen molar-refractivity contribution in [3.8, 4) is 0 Å². The number of nitrogens with one attached hydrogen (secondary N) is 2. The van der Waals surface area contributed by atoms with Crippen LogP contribution in [0.5, 0.6) is 0 Å². The smallest absolute Gasteiger partial charge is 0.315 e. The van der Waals surface area contributed by atoms with Crippen molar-refractivity contribution in [1.29, 1.82) is 0 Å². The molecule has 0 spiro atoms. The number of fused-ring (bicyclic) bond motifs is 1. The van der Waals surface area contributed by atoms with Gasteiger partial charge < -0.3 is 15.5 Å². The minimum Gasteiger partial charge on any atom is -0.338 e. The van der Waals surface area contributed by atoms with E-state index in [1.165, 1.54) is 0 Å². The number of hydrogen-bond acceptors (Lipinski definition) is 4. The van der Waals surface area contributed by atoms with Crippen LogP contribution in [-0.4, -0.2) is 46.5 Å². The first-order chi connectivity index (χ1) is 10.6. The van der Waals surface area contributed by atoms with E-state index < -0.39 is 0 Å². The van der Waals surface area contributed by atoms with Crippen molar-refractivity contribution < 1.29 is 4.79 Å². The van der Waals surface area contributed by atoms with Gasteiger partial charge in [0.05, 0.1) is 12.2 Å². The molecule has 0 saturated heterocycles. The van der Waals surface area contributed by atoms with Crippen LogP contribution in [0.4, 0.5) is 4.79 Å². The van der Waals surface area contributed by atoms with E-state index in [9.17, 15) is 4.79 Å². The average Bonchev–Trinajstić information content (AvgIpc) is 3.05. The fourth-order valence-corrected chi connectivity index (χ4v) is 2.76. The molecule has 2 aromatic rings. The maximum Gasteiger partial charge on any atom is 0.315 e. The summed E-state index contributed by atoms with van der Waals surface area (Å²) in [7, 11) is 2.13. The monoisotopic (exact) mass is 323 g/mol. The normalized spacial score (nSPS) is 11.5. The SMILES string of the molecule is CC(C)N(C)CCCCNC(=O)NCc1cn2ccsc2n1. The molecule has 0 unspecified atom stereocenters. The van der Waals surface area contributed by atoms with Gasteiger partial charge in [-0.3, -0.25) is 4.40 Å². The van der Waals surface area contributed by atoms with Crippen molar-refractivity contribution in [2.24, 2.45) is 0 Å². The molecule has 0 radical (unpaired) electrons. The third-order valence-electron chi connectivity index (χ3n) is 3.68. The highest BCUT2D eigenvalue weighted by Gasteiger charge is 2.05. The van der Waals surface area contributed by atoms with E-state index in [1.807, 2.05) is 22.2 Å². The molecule has 2 aromatic heterocycles. The Kier molecular flexibility index (Phi) is 6.21. The van der Waals surface area contributed by atoms with Crippen molar-refractivity contribution in [3.05, 3.63) is 23.5 Å². The first-order valence-corrected chi connectivity index (χ1v) is 8.57. The van der Waals surface area contributed by atoms with Crippen LogP contribution in [-0.2, 0) is 6.54 Å². The largest absolute Gasteiger partial charge is 0.338 e. The maximum atomic E-state index is 11.7. The van der Waals surface area contributed by atoms with Crippen LogP contribution < -0.4 is 10.6 Å². The van der Waals surface area contributed by atoms with Crippen molar-refractivity contribution in [3.63, 3.8) is 0 Å². The Morgan fingerprint density at radius 1 is 1.41 bits per heavy atom. The molecule has 7 heteroatoms. The Balaban J connectivity index is 1.57. The number of rotatable bonds is 8. The summed E-state index contributed by atoms with van der Waals surface area (Å²) in [5.41, 5.74) is 0.876. The zero-order chi connectivity index (χ0) is 15.9. The van der Waals surface area contributed by atoms with Crippen LogP contribution in [0, 0.1) is 0 Å². The number of thiazole rings is 1.